The molecular formula is C11H12BrFN2O. The van der Waals surface area contributed by atoms with Crippen molar-refractivity contribution >= 4 is 32.7 Å². The molecule has 0 aliphatic carbocycles. The van der Waals surface area contributed by atoms with Crippen LogP contribution >= 0.6 is 15.9 Å². The monoisotopic (exact) mass is 286 g/mol. The number of carbonyl (C=O) groups is 1. The Morgan fingerprint density at radius 2 is 2.00 bits per heavy atom. The Morgan fingerprint density at radius 1 is 1.38 bits per heavy atom. The van der Waals surface area contributed by atoms with Gasteiger partial charge in [-0.2, -0.15) is 0 Å². The van der Waals surface area contributed by atoms with Crippen molar-refractivity contribution in [3.8, 4) is 0 Å². The highest BCUT2D eigenvalue weighted by molar-refractivity contribution is 9.10. The molecule has 0 radical (unpaired) electrons. The summed E-state index contributed by atoms with van der Waals surface area (Å²) in [5.41, 5.74) is 5.90. The van der Waals surface area contributed by atoms with Crippen LogP contribution in [0.4, 0.5) is 4.39 Å². The van der Waals surface area contributed by atoms with E-state index in [0.717, 1.165) is 5.39 Å². The van der Waals surface area contributed by atoms with Crippen LogP contribution in [0, 0.1) is 5.82 Å². The van der Waals surface area contributed by atoms with Crippen LogP contribution in [0.1, 0.15) is 24.3 Å². The van der Waals surface area contributed by atoms with E-state index in [1.165, 1.54) is 12.1 Å². The quantitative estimate of drug-likeness (QED) is 0.831. The van der Waals surface area contributed by atoms with E-state index >= 15 is 0 Å². The van der Waals surface area contributed by atoms with Crippen molar-refractivity contribution in [1.29, 1.82) is 0 Å². The molecule has 0 unspecified atom stereocenters. The molecule has 0 saturated carbocycles. The number of rotatable bonds is 1. The van der Waals surface area contributed by atoms with E-state index in [9.17, 15) is 9.18 Å². The number of aromatic amines is 1. The first-order chi connectivity index (χ1) is 7.58. The molecular weight excluding hydrogens is 275 g/mol. The zero-order valence-electron chi connectivity index (χ0n) is 8.97. The van der Waals surface area contributed by atoms with Crippen LogP contribution in [0.15, 0.2) is 22.7 Å². The van der Waals surface area contributed by atoms with Crippen LogP contribution in [0.25, 0.3) is 10.9 Å². The first-order valence-electron chi connectivity index (χ1n) is 4.85. The third kappa shape index (κ3) is 2.41. The molecule has 0 bridgehead atoms. The van der Waals surface area contributed by atoms with Gasteiger partial charge < -0.3 is 10.7 Å². The largest absolute Gasteiger partial charge is 0.364 e. The van der Waals surface area contributed by atoms with E-state index in [-0.39, 0.29) is 11.5 Å². The van der Waals surface area contributed by atoms with Gasteiger partial charge in [0.25, 0.3) is 5.91 Å². The molecule has 1 heterocycles. The number of fused-ring (bicyclic) bond motifs is 1. The average Bonchev–Trinajstić information content (AvgIpc) is 2.64. The van der Waals surface area contributed by atoms with Gasteiger partial charge >= 0.3 is 0 Å². The number of aromatic nitrogens is 1. The molecule has 0 aliphatic rings. The lowest BCUT2D eigenvalue weighted by Gasteiger charge is -1.93. The zero-order chi connectivity index (χ0) is 12.3. The van der Waals surface area contributed by atoms with Gasteiger partial charge in [0.2, 0.25) is 0 Å². The highest BCUT2D eigenvalue weighted by Gasteiger charge is 2.09. The Bertz CT molecular complexity index is 522. The van der Waals surface area contributed by atoms with Crippen molar-refractivity contribution in [2.24, 2.45) is 5.73 Å². The summed E-state index contributed by atoms with van der Waals surface area (Å²) in [6.07, 6.45) is 0. The minimum Gasteiger partial charge on any atom is -0.364 e. The van der Waals surface area contributed by atoms with E-state index in [2.05, 4.69) is 20.9 Å². The molecule has 1 aromatic carbocycles. The third-order valence-corrected chi connectivity index (χ3v) is 2.57. The third-order valence-electron chi connectivity index (χ3n) is 1.92. The standard InChI is InChI=1S/C9H6BrFN2O.C2H6/c10-6-1-4(11)2-7-5(6)3-8(13-7)9(12)14;1-2/h1-3,13H,(H2,12,14);1-2H3. The van der Waals surface area contributed by atoms with Crippen molar-refractivity contribution in [3.63, 3.8) is 0 Å². The summed E-state index contributed by atoms with van der Waals surface area (Å²) >= 11 is 3.20. The number of hydrogen-bond donors (Lipinski definition) is 2. The van der Waals surface area contributed by atoms with Gasteiger partial charge in [0.05, 0.1) is 5.52 Å². The van der Waals surface area contributed by atoms with Crippen LogP contribution in [0.5, 0.6) is 0 Å². The van der Waals surface area contributed by atoms with E-state index in [1.807, 2.05) is 13.8 Å². The molecule has 16 heavy (non-hydrogen) atoms. The highest BCUT2D eigenvalue weighted by Crippen LogP contribution is 2.25. The molecule has 5 heteroatoms. The lowest BCUT2D eigenvalue weighted by Crippen LogP contribution is -2.10. The van der Waals surface area contributed by atoms with Crippen LogP contribution in [0.2, 0.25) is 0 Å². The molecule has 0 saturated heterocycles. The summed E-state index contributed by atoms with van der Waals surface area (Å²) in [4.78, 5) is 13.6. The topological polar surface area (TPSA) is 58.9 Å². The minimum atomic E-state index is -0.562. The number of amides is 1. The van der Waals surface area contributed by atoms with E-state index in [1.54, 1.807) is 6.07 Å². The maximum absolute atomic E-state index is 12.9. The molecule has 1 aromatic heterocycles. The summed E-state index contributed by atoms with van der Waals surface area (Å²) in [5, 5.41) is 0.736. The number of primary amides is 1. The van der Waals surface area contributed by atoms with Gasteiger partial charge in [-0.1, -0.05) is 13.8 Å². The number of hydrogen-bond acceptors (Lipinski definition) is 1. The van der Waals surface area contributed by atoms with Gasteiger partial charge in [0.15, 0.2) is 0 Å². The SMILES string of the molecule is CC.NC(=O)c1cc2c(Br)cc(F)cc2[nH]1. The second kappa shape index (κ2) is 5.12. The van der Waals surface area contributed by atoms with Crippen LogP contribution in [-0.4, -0.2) is 10.9 Å². The van der Waals surface area contributed by atoms with Crippen molar-refractivity contribution in [2.75, 3.05) is 0 Å². The number of halogens is 2. The molecule has 2 aromatic rings. The van der Waals surface area contributed by atoms with E-state index in [4.69, 9.17) is 5.73 Å². The van der Waals surface area contributed by atoms with Crippen molar-refractivity contribution in [1.82, 2.24) is 4.98 Å². The van der Waals surface area contributed by atoms with Gasteiger partial charge in [0, 0.05) is 9.86 Å². The minimum absolute atomic E-state index is 0.270. The molecule has 0 spiro atoms. The lowest BCUT2D eigenvalue weighted by atomic mass is 10.2. The molecule has 0 atom stereocenters. The highest BCUT2D eigenvalue weighted by atomic mass is 79.9. The molecule has 1 amide bonds. The maximum atomic E-state index is 12.9. The fourth-order valence-electron chi connectivity index (χ4n) is 1.29. The van der Waals surface area contributed by atoms with Crippen molar-refractivity contribution in [3.05, 3.63) is 34.2 Å². The van der Waals surface area contributed by atoms with Gasteiger partial charge in [-0.15, -0.1) is 0 Å². The summed E-state index contributed by atoms with van der Waals surface area (Å²) in [6.45, 7) is 4.00. The van der Waals surface area contributed by atoms with Crippen LogP contribution in [-0.2, 0) is 0 Å². The fraction of sp³-hybridized carbons (Fsp3) is 0.182. The van der Waals surface area contributed by atoms with Gasteiger partial charge in [-0.05, 0) is 34.1 Å². The Balaban J connectivity index is 0.000000606. The summed E-state index contributed by atoms with van der Waals surface area (Å²) in [6, 6.07) is 4.23. The Kier molecular flexibility index (Phi) is 4.06. The second-order valence-electron chi connectivity index (χ2n) is 2.90. The molecule has 86 valence electrons. The first-order valence-corrected chi connectivity index (χ1v) is 5.65. The smallest absolute Gasteiger partial charge is 0.265 e. The number of benzene rings is 1. The van der Waals surface area contributed by atoms with Crippen LogP contribution < -0.4 is 5.73 Å². The molecule has 0 fully saturated rings. The Morgan fingerprint density at radius 3 is 2.56 bits per heavy atom. The van der Waals surface area contributed by atoms with Crippen molar-refractivity contribution in [2.45, 2.75) is 13.8 Å². The fourth-order valence-corrected chi connectivity index (χ4v) is 1.84. The molecule has 0 aliphatic heterocycles. The second-order valence-corrected chi connectivity index (χ2v) is 3.75. The molecule has 3 N–H and O–H groups in total. The molecule has 2 rings (SSSR count). The Hall–Kier alpha value is -1.36. The number of carbonyl (C=O) groups excluding carboxylic acids is 1. The van der Waals surface area contributed by atoms with Gasteiger partial charge in [0.1, 0.15) is 11.5 Å². The number of nitrogens with two attached hydrogens (primary N) is 1. The van der Waals surface area contributed by atoms with Crippen molar-refractivity contribution < 1.29 is 9.18 Å². The lowest BCUT2D eigenvalue weighted by molar-refractivity contribution is 0.0996. The summed E-state index contributed by atoms with van der Waals surface area (Å²) in [7, 11) is 0. The predicted molar refractivity (Wildman–Crippen MR) is 65.8 cm³/mol. The molecule has 3 nitrogen and oxygen atoms in total. The van der Waals surface area contributed by atoms with E-state index in [0.29, 0.717) is 9.99 Å². The average molecular weight is 287 g/mol. The normalized spacial score (nSPS) is 9.75. The van der Waals surface area contributed by atoms with Gasteiger partial charge in [-0.25, -0.2) is 4.39 Å². The van der Waals surface area contributed by atoms with Crippen LogP contribution in [0.3, 0.4) is 0 Å². The first kappa shape index (κ1) is 12.7. The summed E-state index contributed by atoms with van der Waals surface area (Å²) in [5.74, 6) is -0.934. The number of H-pyrrole nitrogens is 1. The number of nitrogens with one attached hydrogen (secondary N) is 1. The predicted octanol–water partition coefficient (Wildman–Crippen LogP) is 3.19. The maximum Gasteiger partial charge on any atom is 0.265 e. The zero-order valence-corrected chi connectivity index (χ0v) is 10.6. The Labute approximate surface area is 101 Å². The van der Waals surface area contributed by atoms with E-state index < -0.39 is 5.91 Å². The summed E-state index contributed by atoms with van der Waals surface area (Å²) < 4.78 is 13.5. The van der Waals surface area contributed by atoms with Gasteiger partial charge in [-0.3, -0.25) is 4.79 Å².